The van der Waals surface area contributed by atoms with E-state index in [0.717, 1.165) is 21.1 Å². The van der Waals surface area contributed by atoms with Gasteiger partial charge in [0.25, 0.3) is 0 Å². The number of fused-ring (bicyclic) bond motifs is 1. The molecule has 3 rings (SSSR count). The molecule has 0 saturated carbocycles. The van der Waals surface area contributed by atoms with Gasteiger partial charge in [0.15, 0.2) is 0 Å². The van der Waals surface area contributed by atoms with E-state index in [-0.39, 0.29) is 0 Å². The smallest absolute Gasteiger partial charge is 0.412 e. The van der Waals surface area contributed by atoms with Crippen molar-refractivity contribution in [3.63, 3.8) is 0 Å². The minimum Gasteiger partial charge on any atom is -0.444 e. The van der Waals surface area contributed by atoms with Crippen LogP contribution >= 0.6 is 15.9 Å². The van der Waals surface area contributed by atoms with Crippen LogP contribution in [-0.4, -0.2) is 21.7 Å². The number of H-pyrrole nitrogens is 1. The summed E-state index contributed by atoms with van der Waals surface area (Å²) in [5.41, 5.74) is 2.67. The van der Waals surface area contributed by atoms with E-state index in [1.807, 2.05) is 63.2 Å². The largest absolute Gasteiger partial charge is 0.444 e. The maximum atomic E-state index is 12.1. The summed E-state index contributed by atoms with van der Waals surface area (Å²) in [4.78, 5) is 20.0. The van der Waals surface area contributed by atoms with Crippen LogP contribution in [0.1, 0.15) is 20.8 Å². The minimum atomic E-state index is -0.560. The van der Waals surface area contributed by atoms with E-state index in [2.05, 4.69) is 31.2 Å². The van der Waals surface area contributed by atoms with Crippen LogP contribution in [0.4, 0.5) is 10.5 Å². The number of hydrogen-bond donors (Lipinski definition) is 2. The number of aromatic nitrogens is 2. The van der Waals surface area contributed by atoms with Crippen molar-refractivity contribution in [1.29, 1.82) is 0 Å². The van der Waals surface area contributed by atoms with Gasteiger partial charge < -0.3 is 9.72 Å². The third-order valence-electron chi connectivity index (χ3n) is 3.26. The van der Waals surface area contributed by atoms with E-state index in [9.17, 15) is 4.79 Å². The Hall–Kier alpha value is -2.34. The Labute approximate surface area is 148 Å². The molecule has 0 atom stereocenters. The number of imidazole rings is 1. The zero-order chi connectivity index (χ0) is 17.3. The lowest BCUT2D eigenvalue weighted by Gasteiger charge is -2.20. The fourth-order valence-corrected chi connectivity index (χ4v) is 2.68. The van der Waals surface area contributed by atoms with Crippen LogP contribution in [-0.2, 0) is 4.74 Å². The van der Waals surface area contributed by atoms with E-state index < -0.39 is 11.7 Å². The number of anilines is 1. The predicted molar refractivity (Wildman–Crippen MR) is 99.1 cm³/mol. The molecule has 1 amide bonds. The second-order valence-electron chi connectivity index (χ2n) is 6.42. The summed E-state index contributed by atoms with van der Waals surface area (Å²) in [6.45, 7) is 5.48. The Morgan fingerprint density at radius 2 is 1.96 bits per heavy atom. The van der Waals surface area contributed by atoms with Crippen LogP contribution in [0.25, 0.3) is 22.4 Å². The lowest BCUT2D eigenvalue weighted by atomic mass is 10.1. The van der Waals surface area contributed by atoms with Crippen molar-refractivity contribution in [3.8, 4) is 11.4 Å². The first kappa shape index (κ1) is 16.5. The number of nitrogens with one attached hydrogen (secondary N) is 2. The Kier molecular flexibility index (Phi) is 4.32. The molecule has 24 heavy (non-hydrogen) atoms. The van der Waals surface area contributed by atoms with Crippen molar-refractivity contribution in [2.24, 2.45) is 0 Å². The summed E-state index contributed by atoms with van der Waals surface area (Å²) in [7, 11) is 0. The van der Waals surface area contributed by atoms with Gasteiger partial charge in [-0.05, 0) is 51.1 Å². The lowest BCUT2D eigenvalue weighted by Crippen LogP contribution is -2.27. The van der Waals surface area contributed by atoms with E-state index in [4.69, 9.17) is 4.74 Å². The summed E-state index contributed by atoms with van der Waals surface area (Å²) in [5.74, 6) is 0.690. The van der Waals surface area contributed by atoms with Crippen molar-refractivity contribution in [3.05, 3.63) is 46.9 Å². The molecular weight excluding hydrogens is 370 g/mol. The highest BCUT2D eigenvalue weighted by molar-refractivity contribution is 9.10. The second-order valence-corrected chi connectivity index (χ2v) is 7.34. The number of nitrogens with zero attached hydrogens (tertiary/aromatic N) is 1. The van der Waals surface area contributed by atoms with Crippen LogP contribution in [0.2, 0.25) is 0 Å². The Bertz CT molecular complexity index is 864. The number of carbonyl (C=O) groups is 1. The maximum Gasteiger partial charge on any atom is 0.412 e. The molecule has 5 nitrogen and oxygen atoms in total. The van der Waals surface area contributed by atoms with Crippen molar-refractivity contribution < 1.29 is 9.53 Å². The first-order chi connectivity index (χ1) is 11.3. The van der Waals surface area contributed by atoms with E-state index in [1.165, 1.54) is 0 Å². The number of ether oxygens (including phenoxy) is 1. The molecule has 0 unspecified atom stereocenters. The monoisotopic (exact) mass is 387 g/mol. The van der Waals surface area contributed by atoms with Crippen molar-refractivity contribution in [2.75, 3.05) is 5.32 Å². The average Bonchev–Trinajstić information content (AvgIpc) is 2.88. The van der Waals surface area contributed by atoms with E-state index in [1.54, 1.807) is 0 Å². The molecule has 1 aromatic heterocycles. The molecule has 124 valence electrons. The highest BCUT2D eigenvalue weighted by Gasteiger charge is 2.18. The van der Waals surface area contributed by atoms with Crippen molar-refractivity contribution in [2.45, 2.75) is 26.4 Å². The quantitative estimate of drug-likeness (QED) is 0.623. The summed E-state index contributed by atoms with van der Waals surface area (Å²) in [6, 6.07) is 13.4. The summed E-state index contributed by atoms with van der Waals surface area (Å²) in [6.07, 6.45) is -0.502. The van der Waals surface area contributed by atoms with Crippen LogP contribution in [0.3, 0.4) is 0 Å². The Morgan fingerprint density at radius 1 is 1.21 bits per heavy atom. The van der Waals surface area contributed by atoms with Gasteiger partial charge in [-0.3, -0.25) is 5.32 Å². The molecule has 0 aliphatic carbocycles. The molecule has 6 heteroatoms. The summed E-state index contributed by atoms with van der Waals surface area (Å²) < 4.78 is 6.19. The molecule has 0 bridgehead atoms. The standard InChI is InChI=1S/C18H18BrN3O2/c1-18(2,3)24-17(23)22-15-10-11(19)8-9-12(15)16-20-13-6-4-5-7-14(13)21-16/h4-10H,1-3H3,(H,20,21)(H,22,23). The molecule has 1 heterocycles. The van der Waals surface area contributed by atoms with Gasteiger partial charge in [0.2, 0.25) is 0 Å². The zero-order valence-corrected chi connectivity index (χ0v) is 15.3. The van der Waals surface area contributed by atoms with E-state index >= 15 is 0 Å². The minimum absolute atomic E-state index is 0.502. The first-order valence-corrected chi connectivity index (χ1v) is 8.36. The fraction of sp³-hybridized carbons (Fsp3) is 0.222. The van der Waals surface area contributed by atoms with Gasteiger partial charge in [0.1, 0.15) is 11.4 Å². The highest BCUT2D eigenvalue weighted by Crippen LogP contribution is 2.30. The SMILES string of the molecule is CC(C)(C)OC(=O)Nc1cc(Br)ccc1-c1nc2ccccc2[nH]1. The number of para-hydroxylation sites is 2. The average molecular weight is 388 g/mol. The van der Waals surface area contributed by atoms with Gasteiger partial charge in [-0.25, -0.2) is 9.78 Å². The fourth-order valence-electron chi connectivity index (χ4n) is 2.32. The summed E-state index contributed by atoms with van der Waals surface area (Å²) >= 11 is 3.43. The topological polar surface area (TPSA) is 67.0 Å². The normalized spacial score (nSPS) is 11.5. The number of rotatable bonds is 2. The molecule has 0 spiro atoms. The summed E-state index contributed by atoms with van der Waals surface area (Å²) in [5, 5.41) is 2.80. The number of carbonyl (C=O) groups excluding carboxylic acids is 1. The van der Waals surface area contributed by atoms with Gasteiger partial charge in [0.05, 0.1) is 16.7 Å². The number of hydrogen-bond acceptors (Lipinski definition) is 3. The zero-order valence-electron chi connectivity index (χ0n) is 13.7. The first-order valence-electron chi connectivity index (χ1n) is 7.56. The number of aromatic amines is 1. The molecule has 3 aromatic rings. The van der Waals surface area contributed by atoms with Crippen LogP contribution in [0.15, 0.2) is 46.9 Å². The number of amides is 1. The van der Waals surface area contributed by atoms with Gasteiger partial charge in [-0.1, -0.05) is 28.1 Å². The molecular formula is C18H18BrN3O2. The lowest BCUT2D eigenvalue weighted by molar-refractivity contribution is 0.0636. The van der Waals surface area contributed by atoms with Crippen molar-refractivity contribution >= 4 is 38.7 Å². The predicted octanol–water partition coefficient (Wildman–Crippen LogP) is 5.34. The molecule has 2 N–H and O–H groups in total. The van der Waals surface area contributed by atoms with Gasteiger partial charge in [0, 0.05) is 10.0 Å². The van der Waals surface area contributed by atoms with Gasteiger partial charge in [-0.2, -0.15) is 0 Å². The molecule has 0 aliphatic heterocycles. The molecule has 0 fully saturated rings. The van der Waals surface area contributed by atoms with Crippen molar-refractivity contribution in [1.82, 2.24) is 9.97 Å². The molecule has 0 saturated heterocycles. The van der Waals surface area contributed by atoms with Gasteiger partial charge >= 0.3 is 6.09 Å². The number of halogens is 1. The maximum absolute atomic E-state index is 12.1. The Morgan fingerprint density at radius 3 is 2.67 bits per heavy atom. The molecule has 2 aromatic carbocycles. The molecule has 0 aliphatic rings. The third-order valence-corrected chi connectivity index (χ3v) is 3.75. The van der Waals surface area contributed by atoms with Crippen LogP contribution < -0.4 is 5.32 Å². The Balaban J connectivity index is 1.97. The molecule has 0 radical (unpaired) electrons. The third kappa shape index (κ3) is 3.76. The second kappa shape index (κ2) is 6.28. The van der Waals surface area contributed by atoms with Gasteiger partial charge in [-0.15, -0.1) is 0 Å². The highest BCUT2D eigenvalue weighted by atomic mass is 79.9. The van der Waals surface area contributed by atoms with Crippen LogP contribution in [0.5, 0.6) is 0 Å². The van der Waals surface area contributed by atoms with E-state index in [0.29, 0.717) is 11.5 Å². The van der Waals surface area contributed by atoms with Crippen LogP contribution in [0, 0.1) is 0 Å². The number of benzene rings is 2.